The number of nitrogens with zero attached hydrogens (tertiary/aromatic N) is 7. The zero-order valence-electron chi connectivity index (χ0n) is 23.4. The number of nitrogens with two attached hydrogens (primary N) is 1. The number of halogens is 1. The molecule has 0 atom stereocenters. The molecule has 3 N–H and O–H groups in total. The zero-order chi connectivity index (χ0) is 29.4. The average Bonchev–Trinajstić information content (AvgIpc) is 3.71. The smallest absolute Gasteiger partial charge is 0.309 e. The molecule has 1 saturated heterocycles. The van der Waals surface area contributed by atoms with Crippen LogP contribution in [-0.4, -0.2) is 94.8 Å². The van der Waals surface area contributed by atoms with Gasteiger partial charge < -0.3 is 25.3 Å². The van der Waals surface area contributed by atoms with Crippen molar-refractivity contribution in [1.29, 1.82) is 0 Å². The van der Waals surface area contributed by atoms with Crippen LogP contribution >= 0.6 is 11.3 Å². The Balaban J connectivity index is 1.10. The summed E-state index contributed by atoms with van der Waals surface area (Å²) in [6.07, 6.45) is 1.58. The van der Waals surface area contributed by atoms with Gasteiger partial charge in [-0.25, -0.2) is 4.39 Å². The van der Waals surface area contributed by atoms with Crippen LogP contribution in [0.15, 0.2) is 51.9 Å². The number of benzene rings is 1. The Morgan fingerprint density at radius 2 is 1.98 bits per heavy atom. The molecule has 0 saturated carbocycles. The van der Waals surface area contributed by atoms with Gasteiger partial charge in [0.05, 0.1) is 17.5 Å². The molecule has 0 unspecified atom stereocenters. The molecule has 0 radical (unpaired) electrons. The molecular weight excluding hydrogens is 561 g/mol. The van der Waals surface area contributed by atoms with E-state index in [1.54, 1.807) is 29.0 Å². The Kier molecular flexibility index (Phi) is 7.66. The van der Waals surface area contributed by atoms with E-state index in [4.69, 9.17) is 10.2 Å². The normalized spacial score (nSPS) is 14.4. The largest absolute Gasteiger partial charge is 0.463 e. The van der Waals surface area contributed by atoms with Crippen molar-refractivity contribution in [2.75, 3.05) is 70.5 Å². The van der Waals surface area contributed by atoms with E-state index < -0.39 is 5.82 Å². The Labute approximate surface area is 244 Å². The maximum atomic E-state index is 15.0. The number of carbonyl (C=O) groups is 1. The minimum Gasteiger partial charge on any atom is -0.463 e. The first-order chi connectivity index (χ1) is 20.3. The summed E-state index contributed by atoms with van der Waals surface area (Å²) < 4.78 is 24.4. The van der Waals surface area contributed by atoms with Crippen LogP contribution in [-0.2, 0) is 6.54 Å². The van der Waals surface area contributed by atoms with Gasteiger partial charge in [-0.15, -0.1) is 0 Å². The number of rotatable bonds is 9. The quantitative estimate of drug-likeness (QED) is 0.264. The van der Waals surface area contributed by atoms with Crippen LogP contribution in [0.3, 0.4) is 0 Å². The lowest BCUT2D eigenvalue weighted by Crippen LogP contribution is -2.47. The number of carbonyl (C=O) groups excluding carboxylic acids is 1. The van der Waals surface area contributed by atoms with Crippen molar-refractivity contribution in [1.82, 2.24) is 34.3 Å². The van der Waals surface area contributed by atoms with E-state index in [0.717, 1.165) is 16.0 Å². The summed E-state index contributed by atoms with van der Waals surface area (Å²) in [5.74, 6) is 0.0974. The van der Waals surface area contributed by atoms with Gasteiger partial charge >= 0.3 is 4.87 Å². The lowest BCUT2D eigenvalue weighted by Gasteiger charge is -2.36. The lowest BCUT2D eigenvalue weighted by molar-refractivity contribution is 0.0950. The molecule has 220 valence electrons. The van der Waals surface area contributed by atoms with Gasteiger partial charge in [0.25, 0.3) is 5.91 Å². The SMILES string of the molecule is CN(C)CCNC(=O)c1ccc(N2CCN(CCn3c(=O)sc4c3nc(N)n3nc(-c5ccco5)cc43)CC2)c(F)c1. The number of aromatic nitrogens is 4. The molecule has 1 amide bonds. The van der Waals surface area contributed by atoms with Crippen LogP contribution in [0.4, 0.5) is 16.0 Å². The fourth-order valence-corrected chi connectivity index (χ4v) is 6.10. The van der Waals surface area contributed by atoms with Gasteiger partial charge in [-0.3, -0.25) is 19.1 Å². The summed E-state index contributed by atoms with van der Waals surface area (Å²) in [6.45, 7) is 4.96. The number of anilines is 2. The molecule has 1 fully saturated rings. The number of nitrogens with one attached hydrogen (secondary N) is 1. The highest BCUT2D eigenvalue weighted by molar-refractivity contribution is 7.17. The Bertz CT molecular complexity index is 1790. The number of furan rings is 1. The summed E-state index contributed by atoms with van der Waals surface area (Å²) in [6, 6.07) is 10.1. The van der Waals surface area contributed by atoms with Gasteiger partial charge in [0.2, 0.25) is 5.95 Å². The number of piperazine rings is 1. The topological polar surface area (TPSA) is 130 Å². The van der Waals surface area contributed by atoms with Gasteiger partial charge in [0.1, 0.15) is 16.2 Å². The maximum absolute atomic E-state index is 15.0. The van der Waals surface area contributed by atoms with Crippen molar-refractivity contribution in [3.05, 3.63) is 63.7 Å². The molecule has 12 nitrogen and oxygen atoms in total. The molecule has 14 heteroatoms. The molecule has 6 rings (SSSR count). The minimum absolute atomic E-state index is 0.114. The summed E-state index contributed by atoms with van der Waals surface area (Å²) in [5.41, 5.74) is 8.87. The van der Waals surface area contributed by atoms with Crippen LogP contribution in [0.25, 0.3) is 27.3 Å². The van der Waals surface area contributed by atoms with Gasteiger partial charge in [-0.1, -0.05) is 11.3 Å². The monoisotopic (exact) mass is 593 g/mol. The Hall–Kier alpha value is -4.27. The number of thiazole rings is 1. The third-order valence-electron chi connectivity index (χ3n) is 7.43. The van der Waals surface area contributed by atoms with Crippen LogP contribution in [0, 0.1) is 5.82 Å². The van der Waals surface area contributed by atoms with Gasteiger partial charge in [0.15, 0.2) is 11.4 Å². The van der Waals surface area contributed by atoms with Crippen LogP contribution in [0.1, 0.15) is 10.4 Å². The van der Waals surface area contributed by atoms with Gasteiger partial charge in [-0.05, 0) is 50.5 Å². The van der Waals surface area contributed by atoms with E-state index >= 15 is 0 Å². The van der Waals surface area contributed by atoms with E-state index in [1.807, 2.05) is 36.0 Å². The van der Waals surface area contributed by atoms with E-state index in [0.29, 0.717) is 86.2 Å². The second-order valence-electron chi connectivity index (χ2n) is 10.5. The first-order valence-corrected chi connectivity index (χ1v) is 14.5. The Morgan fingerprint density at radius 1 is 1.17 bits per heavy atom. The molecule has 5 heterocycles. The number of amides is 1. The second-order valence-corrected chi connectivity index (χ2v) is 11.5. The highest BCUT2D eigenvalue weighted by Crippen LogP contribution is 2.28. The predicted molar refractivity (Wildman–Crippen MR) is 161 cm³/mol. The van der Waals surface area contributed by atoms with Crippen LogP contribution in [0.2, 0.25) is 0 Å². The fraction of sp³-hybridized carbons (Fsp3) is 0.357. The molecule has 42 heavy (non-hydrogen) atoms. The lowest BCUT2D eigenvalue weighted by atomic mass is 10.1. The second kappa shape index (κ2) is 11.5. The minimum atomic E-state index is -0.412. The summed E-state index contributed by atoms with van der Waals surface area (Å²) in [4.78, 5) is 35.9. The Morgan fingerprint density at radius 3 is 2.69 bits per heavy atom. The van der Waals surface area contributed by atoms with E-state index in [-0.39, 0.29) is 16.7 Å². The number of likely N-dealkylation sites (N-methyl/N-ethyl adjacent to an activating group) is 1. The fourth-order valence-electron chi connectivity index (χ4n) is 5.14. The van der Waals surface area contributed by atoms with E-state index in [2.05, 4.69) is 20.3 Å². The van der Waals surface area contributed by atoms with Crippen LogP contribution in [0.5, 0.6) is 0 Å². The first kappa shape index (κ1) is 27.9. The molecule has 0 spiro atoms. The molecule has 0 bridgehead atoms. The number of nitrogen functional groups attached to an aromatic ring is 1. The van der Waals surface area contributed by atoms with E-state index in [9.17, 15) is 14.0 Å². The third kappa shape index (κ3) is 5.47. The predicted octanol–water partition coefficient (Wildman–Crippen LogP) is 2.20. The molecule has 0 aliphatic carbocycles. The maximum Gasteiger partial charge on any atom is 0.309 e. The first-order valence-electron chi connectivity index (χ1n) is 13.7. The summed E-state index contributed by atoms with van der Waals surface area (Å²) in [5, 5.41) is 7.31. The zero-order valence-corrected chi connectivity index (χ0v) is 24.2. The number of hydrogen-bond acceptors (Lipinski definition) is 10. The van der Waals surface area contributed by atoms with Gasteiger partial charge in [0, 0.05) is 57.9 Å². The standard InChI is InChI=1S/C28H32FN9O3S/c1-34(2)8-7-31-26(39)18-5-6-21(19(29)16-18)36-12-9-35(10-13-36)11-14-37-25-24(42-28(37)40)22-17-20(23-4-3-15-41-23)33-38(22)27(30)32-25/h3-6,15-17H,7-14H2,1-2H3,(H2,30,32)(H,31,39). The molecular formula is C28H32FN9O3S. The van der Waals surface area contributed by atoms with Crippen LogP contribution < -0.4 is 20.8 Å². The van der Waals surface area contributed by atoms with Crippen molar-refractivity contribution in [2.24, 2.45) is 0 Å². The molecule has 4 aromatic heterocycles. The summed E-state index contributed by atoms with van der Waals surface area (Å²) >= 11 is 1.12. The van der Waals surface area contributed by atoms with Crippen molar-refractivity contribution < 1.29 is 13.6 Å². The van der Waals surface area contributed by atoms with Gasteiger partial charge in [-0.2, -0.15) is 14.6 Å². The number of hydrogen-bond donors (Lipinski definition) is 2. The highest BCUT2D eigenvalue weighted by atomic mass is 32.1. The van der Waals surface area contributed by atoms with E-state index in [1.165, 1.54) is 10.6 Å². The van der Waals surface area contributed by atoms with Crippen molar-refractivity contribution in [3.63, 3.8) is 0 Å². The molecule has 1 aliphatic rings. The highest BCUT2D eigenvalue weighted by Gasteiger charge is 2.22. The van der Waals surface area contributed by atoms with Crippen molar-refractivity contribution in [3.8, 4) is 11.5 Å². The van der Waals surface area contributed by atoms with Crippen molar-refractivity contribution >= 4 is 44.7 Å². The molecule has 5 aromatic rings. The molecule has 1 aromatic carbocycles. The van der Waals surface area contributed by atoms with Crippen molar-refractivity contribution in [2.45, 2.75) is 6.54 Å². The third-order valence-corrected chi connectivity index (χ3v) is 8.42. The summed E-state index contributed by atoms with van der Waals surface area (Å²) in [7, 11) is 3.85. The molecule has 1 aliphatic heterocycles. The number of fused-ring (bicyclic) bond motifs is 3. The average molecular weight is 594 g/mol.